The number of thiophene rings is 1. The Kier molecular flexibility index (Phi) is 4.52. The van der Waals surface area contributed by atoms with E-state index in [4.69, 9.17) is 4.42 Å². The number of fused-ring (bicyclic) bond motifs is 3. The summed E-state index contributed by atoms with van der Waals surface area (Å²) in [7, 11) is 0. The molecule has 1 aliphatic rings. The molecule has 25 heavy (non-hydrogen) atoms. The van der Waals surface area contributed by atoms with Gasteiger partial charge in [-0.15, -0.1) is 11.3 Å². The topological polar surface area (TPSA) is 68.0 Å². The normalized spacial score (nSPS) is 14.6. The van der Waals surface area contributed by atoms with E-state index in [0.29, 0.717) is 5.75 Å². The van der Waals surface area contributed by atoms with Gasteiger partial charge in [-0.3, -0.25) is 4.79 Å². The van der Waals surface area contributed by atoms with Crippen LogP contribution in [0.4, 0.5) is 0 Å². The highest BCUT2D eigenvalue weighted by molar-refractivity contribution is 8.00. The molecule has 0 spiro atoms. The lowest BCUT2D eigenvalue weighted by molar-refractivity contribution is -0.119. The van der Waals surface area contributed by atoms with Gasteiger partial charge in [-0.25, -0.2) is 9.97 Å². The van der Waals surface area contributed by atoms with Crippen LogP contribution in [0.1, 0.15) is 41.4 Å². The summed E-state index contributed by atoms with van der Waals surface area (Å²) in [6.07, 6.45) is 5.05. The minimum Gasteiger partial charge on any atom is -0.467 e. The van der Waals surface area contributed by atoms with Gasteiger partial charge < -0.3 is 9.73 Å². The summed E-state index contributed by atoms with van der Waals surface area (Å²) in [4.78, 5) is 24.0. The summed E-state index contributed by atoms with van der Waals surface area (Å²) in [5, 5.41) is 5.07. The molecule has 130 valence electrons. The minimum absolute atomic E-state index is 0.0230. The number of nitrogens with zero attached hydrogens (tertiary/aromatic N) is 2. The third-order valence-electron chi connectivity index (χ3n) is 4.33. The fourth-order valence-corrected chi connectivity index (χ4v) is 5.48. The third-order valence-corrected chi connectivity index (χ3v) is 6.49. The second-order valence-corrected chi connectivity index (χ2v) is 8.25. The number of amides is 1. The van der Waals surface area contributed by atoms with Crippen molar-refractivity contribution in [3.05, 3.63) is 40.4 Å². The Morgan fingerprint density at radius 2 is 2.32 bits per heavy atom. The van der Waals surface area contributed by atoms with Gasteiger partial charge in [-0.2, -0.15) is 0 Å². The molecule has 1 N–H and O–H groups in total. The van der Waals surface area contributed by atoms with Gasteiger partial charge in [0.25, 0.3) is 0 Å². The first kappa shape index (κ1) is 16.6. The monoisotopic (exact) mass is 373 g/mol. The van der Waals surface area contributed by atoms with Crippen LogP contribution in [-0.2, 0) is 17.6 Å². The lowest BCUT2D eigenvalue weighted by atomic mass is 10.2. The van der Waals surface area contributed by atoms with Gasteiger partial charge >= 0.3 is 0 Å². The Hall–Kier alpha value is -1.86. The van der Waals surface area contributed by atoms with Gasteiger partial charge in [0.2, 0.25) is 5.91 Å². The summed E-state index contributed by atoms with van der Waals surface area (Å²) in [5.74, 6) is 1.83. The SMILES string of the molecule is Cc1nc(SCC(=O)N[C@H](C)c2ccco2)c2c3c(sc2n1)CCC3. The van der Waals surface area contributed by atoms with Crippen LogP contribution in [0.15, 0.2) is 27.8 Å². The molecular weight excluding hydrogens is 354 g/mol. The Morgan fingerprint density at radius 3 is 3.12 bits per heavy atom. The van der Waals surface area contributed by atoms with E-state index in [9.17, 15) is 4.79 Å². The largest absolute Gasteiger partial charge is 0.467 e. The fourth-order valence-electron chi connectivity index (χ4n) is 3.19. The molecule has 4 rings (SSSR count). The zero-order chi connectivity index (χ0) is 17.4. The Labute approximate surface area is 154 Å². The predicted molar refractivity (Wildman–Crippen MR) is 100 cm³/mol. The second-order valence-electron chi connectivity index (χ2n) is 6.21. The number of nitrogens with one attached hydrogen (secondary N) is 1. The Bertz CT molecular complexity index is 918. The van der Waals surface area contributed by atoms with Gasteiger partial charge in [-0.05, 0) is 50.8 Å². The summed E-state index contributed by atoms with van der Waals surface area (Å²) in [5.41, 5.74) is 1.40. The van der Waals surface area contributed by atoms with Gasteiger partial charge in [0.15, 0.2) is 0 Å². The second kappa shape index (κ2) is 6.80. The van der Waals surface area contributed by atoms with E-state index in [0.717, 1.165) is 34.3 Å². The number of carbonyl (C=O) groups is 1. The van der Waals surface area contributed by atoms with E-state index in [-0.39, 0.29) is 11.9 Å². The van der Waals surface area contributed by atoms with Crippen LogP contribution in [0.3, 0.4) is 0 Å². The molecule has 0 saturated carbocycles. The highest BCUT2D eigenvalue weighted by atomic mass is 32.2. The van der Waals surface area contributed by atoms with E-state index in [1.165, 1.54) is 34.0 Å². The van der Waals surface area contributed by atoms with Gasteiger partial charge in [0, 0.05) is 10.3 Å². The van der Waals surface area contributed by atoms with Crippen molar-refractivity contribution >= 4 is 39.2 Å². The van der Waals surface area contributed by atoms with Crippen molar-refractivity contribution < 1.29 is 9.21 Å². The Balaban J connectivity index is 1.50. The van der Waals surface area contributed by atoms with Crippen LogP contribution in [0, 0.1) is 6.92 Å². The smallest absolute Gasteiger partial charge is 0.230 e. The molecule has 3 aromatic heterocycles. The highest BCUT2D eigenvalue weighted by Crippen LogP contribution is 2.40. The van der Waals surface area contributed by atoms with Gasteiger partial charge in [-0.1, -0.05) is 11.8 Å². The van der Waals surface area contributed by atoms with Gasteiger partial charge in [0.05, 0.1) is 18.1 Å². The first-order valence-corrected chi connectivity index (χ1v) is 10.2. The molecule has 3 aromatic rings. The predicted octanol–water partition coefficient (Wildman–Crippen LogP) is 4.05. The van der Waals surface area contributed by atoms with Crippen molar-refractivity contribution in [2.45, 2.75) is 44.2 Å². The molecule has 3 heterocycles. The van der Waals surface area contributed by atoms with Crippen LogP contribution in [0.25, 0.3) is 10.2 Å². The molecule has 1 atom stereocenters. The zero-order valence-electron chi connectivity index (χ0n) is 14.2. The van der Waals surface area contributed by atoms with E-state index in [1.54, 1.807) is 17.6 Å². The Morgan fingerprint density at radius 1 is 1.44 bits per heavy atom. The number of thioether (sulfide) groups is 1. The van der Waals surface area contributed by atoms with Crippen molar-refractivity contribution in [1.29, 1.82) is 0 Å². The molecule has 0 unspecified atom stereocenters. The average Bonchev–Trinajstić information content (AvgIpc) is 3.28. The van der Waals surface area contributed by atoms with Crippen molar-refractivity contribution in [3.63, 3.8) is 0 Å². The molecule has 0 aromatic carbocycles. The molecule has 0 saturated heterocycles. The minimum atomic E-state index is -0.138. The van der Waals surface area contributed by atoms with Crippen LogP contribution < -0.4 is 5.32 Å². The maximum Gasteiger partial charge on any atom is 0.230 e. The number of aryl methyl sites for hydroxylation is 3. The number of rotatable bonds is 5. The van der Waals surface area contributed by atoms with Gasteiger partial charge in [0.1, 0.15) is 21.4 Å². The number of furan rings is 1. The molecule has 1 aliphatic carbocycles. The van der Waals surface area contributed by atoms with Crippen LogP contribution in [0.2, 0.25) is 0 Å². The highest BCUT2D eigenvalue weighted by Gasteiger charge is 2.22. The molecule has 7 heteroatoms. The molecule has 0 aliphatic heterocycles. The van der Waals surface area contributed by atoms with Crippen molar-refractivity contribution in [1.82, 2.24) is 15.3 Å². The average molecular weight is 374 g/mol. The maximum atomic E-state index is 12.3. The zero-order valence-corrected chi connectivity index (χ0v) is 15.8. The lowest BCUT2D eigenvalue weighted by Crippen LogP contribution is -2.27. The first-order chi connectivity index (χ1) is 12.1. The molecule has 0 fully saturated rings. The molecule has 0 radical (unpaired) electrons. The fraction of sp³-hybridized carbons (Fsp3) is 0.389. The van der Waals surface area contributed by atoms with Crippen LogP contribution in [0.5, 0.6) is 0 Å². The van der Waals surface area contributed by atoms with Crippen molar-refractivity contribution in [3.8, 4) is 0 Å². The summed E-state index contributed by atoms with van der Waals surface area (Å²) in [6.45, 7) is 3.83. The molecule has 5 nitrogen and oxygen atoms in total. The lowest BCUT2D eigenvalue weighted by Gasteiger charge is -2.11. The molecular formula is C18H19N3O2S2. The third kappa shape index (κ3) is 3.30. The number of carbonyl (C=O) groups excluding carboxylic acids is 1. The van der Waals surface area contributed by atoms with Crippen LogP contribution in [-0.4, -0.2) is 21.6 Å². The van der Waals surface area contributed by atoms with E-state index in [1.807, 2.05) is 26.0 Å². The molecule has 0 bridgehead atoms. The van der Waals surface area contributed by atoms with Crippen molar-refractivity contribution in [2.75, 3.05) is 5.75 Å². The number of hydrogen-bond acceptors (Lipinski definition) is 6. The first-order valence-electron chi connectivity index (χ1n) is 8.36. The number of hydrogen-bond donors (Lipinski definition) is 1. The van der Waals surface area contributed by atoms with Crippen molar-refractivity contribution in [2.24, 2.45) is 0 Å². The maximum absolute atomic E-state index is 12.3. The van der Waals surface area contributed by atoms with E-state index >= 15 is 0 Å². The summed E-state index contributed by atoms with van der Waals surface area (Å²) >= 11 is 3.28. The molecule has 1 amide bonds. The van der Waals surface area contributed by atoms with E-state index < -0.39 is 0 Å². The number of aromatic nitrogens is 2. The summed E-state index contributed by atoms with van der Waals surface area (Å²) < 4.78 is 5.33. The summed E-state index contributed by atoms with van der Waals surface area (Å²) in [6, 6.07) is 3.55. The van der Waals surface area contributed by atoms with Crippen LogP contribution >= 0.6 is 23.1 Å². The van der Waals surface area contributed by atoms with E-state index in [2.05, 4.69) is 15.3 Å². The quantitative estimate of drug-likeness (QED) is 0.540. The standard InChI is InChI=1S/C18H19N3O2S2/c1-10(13-6-4-8-23-13)19-15(22)9-24-17-16-12-5-3-7-14(12)25-18(16)21-11(2)20-17/h4,6,8,10H,3,5,7,9H2,1-2H3,(H,19,22)/t10-/m1/s1.